The molecule has 1 saturated carbocycles. The smallest absolute Gasteiger partial charge is 0.225 e. The highest BCUT2D eigenvalue weighted by Gasteiger charge is 2.31. The van der Waals surface area contributed by atoms with Gasteiger partial charge < -0.3 is 20.3 Å². The van der Waals surface area contributed by atoms with Crippen molar-refractivity contribution in [3.8, 4) is 0 Å². The molecule has 1 aliphatic heterocycles. The molecule has 7 heteroatoms. The van der Waals surface area contributed by atoms with E-state index in [-0.39, 0.29) is 29.9 Å². The fraction of sp³-hybridized carbons (Fsp3) is 0.895. The van der Waals surface area contributed by atoms with Gasteiger partial charge >= 0.3 is 0 Å². The third-order valence-electron chi connectivity index (χ3n) is 5.34. The summed E-state index contributed by atoms with van der Waals surface area (Å²) >= 11 is 0. The van der Waals surface area contributed by atoms with Crippen molar-refractivity contribution in [3.05, 3.63) is 0 Å². The number of guanidine groups is 1. The molecule has 152 valence electrons. The van der Waals surface area contributed by atoms with E-state index in [0.717, 1.165) is 70.7 Å². The summed E-state index contributed by atoms with van der Waals surface area (Å²) in [5, 5.41) is 6.85. The maximum Gasteiger partial charge on any atom is 0.225 e. The number of hydrogen-bond acceptors (Lipinski definition) is 3. The fourth-order valence-electron chi connectivity index (χ4n) is 3.83. The number of halogens is 1. The van der Waals surface area contributed by atoms with Crippen molar-refractivity contribution in [2.75, 3.05) is 40.4 Å². The molecule has 26 heavy (non-hydrogen) atoms. The molecular formula is C19H37IN4O2. The zero-order chi connectivity index (χ0) is 17.9. The fourth-order valence-corrected chi connectivity index (χ4v) is 3.83. The summed E-state index contributed by atoms with van der Waals surface area (Å²) in [5.74, 6) is 1.51. The lowest BCUT2D eigenvalue weighted by atomic mass is 9.88. The second-order valence-electron chi connectivity index (χ2n) is 7.30. The zero-order valence-corrected chi connectivity index (χ0v) is 18.8. The molecule has 6 nitrogen and oxygen atoms in total. The number of likely N-dealkylation sites (tertiary alicyclic amines) is 1. The summed E-state index contributed by atoms with van der Waals surface area (Å²) < 4.78 is 5.06. The van der Waals surface area contributed by atoms with Gasteiger partial charge in [-0.3, -0.25) is 9.79 Å². The molecule has 1 heterocycles. The van der Waals surface area contributed by atoms with Crippen molar-refractivity contribution in [3.63, 3.8) is 0 Å². The Morgan fingerprint density at radius 1 is 1.15 bits per heavy atom. The topological polar surface area (TPSA) is 66.0 Å². The van der Waals surface area contributed by atoms with E-state index in [4.69, 9.17) is 4.74 Å². The molecule has 1 amide bonds. The van der Waals surface area contributed by atoms with E-state index < -0.39 is 0 Å². The molecule has 1 atom stereocenters. The van der Waals surface area contributed by atoms with Crippen LogP contribution in [-0.4, -0.2) is 63.2 Å². The molecule has 0 bridgehead atoms. The molecule has 1 saturated heterocycles. The lowest BCUT2D eigenvalue weighted by Crippen LogP contribution is -2.45. The van der Waals surface area contributed by atoms with Gasteiger partial charge in [0.15, 0.2) is 5.96 Å². The van der Waals surface area contributed by atoms with Gasteiger partial charge in [-0.15, -0.1) is 24.0 Å². The Balaban J connectivity index is 0.00000338. The maximum absolute atomic E-state index is 12.6. The third kappa shape index (κ3) is 7.98. The SMILES string of the molecule is CN=C(NCCCCCOC)NC1CCN(C(=O)C2CCCCC2)C1.I. The molecule has 0 aromatic heterocycles. The summed E-state index contributed by atoms with van der Waals surface area (Å²) in [5.41, 5.74) is 0. The summed E-state index contributed by atoms with van der Waals surface area (Å²) in [4.78, 5) is 19.0. The standard InChI is InChI=1S/C19H36N4O2.HI/c1-20-19(21-12-7-4-8-14-25-2)22-17-11-13-23(15-17)18(24)16-9-5-3-6-10-16;/h16-17H,3-15H2,1-2H3,(H2,20,21,22);1H. The first-order valence-electron chi connectivity index (χ1n) is 9.99. The van der Waals surface area contributed by atoms with Crippen LogP contribution >= 0.6 is 24.0 Å². The molecule has 0 aromatic carbocycles. The van der Waals surface area contributed by atoms with Crippen LogP contribution in [-0.2, 0) is 9.53 Å². The van der Waals surface area contributed by atoms with E-state index in [1.54, 1.807) is 14.2 Å². The number of aliphatic imine (C=N–C) groups is 1. The Morgan fingerprint density at radius 3 is 2.62 bits per heavy atom. The third-order valence-corrected chi connectivity index (χ3v) is 5.34. The number of nitrogens with one attached hydrogen (secondary N) is 2. The number of methoxy groups -OCH3 is 1. The van der Waals surface area contributed by atoms with Crippen LogP contribution in [0.1, 0.15) is 57.8 Å². The Kier molecular flexibility index (Phi) is 12.3. The summed E-state index contributed by atoms with van der Waals surface area (Å²) in [6.07, 6.45) is 10.3. The Morgan fingerprint density at radius 2 is 1.92 bits per heavy atom. The largest absolute Gasteiger partial charge is 0.385 e. The van der Waals surface area contributed by atoms with Crippen LogP contribution in [0, 0.1) is 5.92 Å². The predicted molar refractivity (Wildman–Crippen MR) is 117 cm³/mol. The van der Waals surface area contributed by atoms with Crippen LogP contribution in [0.25, 0.3) is 0 Å². The lowest BCUT2D eigenvalue weighted by molar-refractivity contribution is -0.135. The van der Waals surface area contributed by atoms with E-state index in [1.807, 2.05) is 0 Å². The van der Waals surface area contributed by atoms with Gasteiger partial charge in [-0.1, -0.05) is 19.3 Å². The minimum absolute atomic E-state index is 0. The van der Waals surface area contributed by atoms with Crippen molar-refractivity contribution in [2.45, 2.75) is 63.8 Å². The highest BCUT2D eigenvalue weighted by Crippen LogP contribution is 2.26. The van der Waals surface area contributed by atoms with E-state index >= 15 is 0 Å². The van der Waals surface area contributed by atoms with E-state index in [2.05, 4.69) is 20.5 Å². The molecule has 2 aliphatic rings. The van der Waals surface area contributed by atoms with Crippen LogP contribution in [0.2, 0.25) is 0 Å². The number of ether oxygens (including phenoxy) is 1. The predicted octanol–water partition coefficient (Wildman–Crippen LogP) is 2.77. The van der Waals surface area contributed by atoms with Gasteiger partial charge in [0, 0.05) is 52.4 Å². The zero-order valence-electron chi connectivity index (χ0n) is 16.5. The van der Waals surface area contributed by atoms with Crippen molar-refractivity contribution in [1.29, 1.82) is 0 Å². The second kappa shape index (κ2) is 13.6. The van der Waals surface area contributed by atoms with Gasteiger partial charge in [0.25, 0.3) is 0 Å². The Labute approximate surface area is 175 Å². The first-order chi connectivity index (χ1) is 12.2. The van der Waals surface area contributed by atoms with E-state index in [0.29, 0.717) is 11.9 Å². The molecule has 1 aliphatic carbocycles. The summed E-state index contributed by atoms with van der Waals surface area (Å²) in [7, 11) is 3.55. The normalized spacial score (nSPS) is 21.4. The molecular weight excluding hydrogens is 443 g/mol. The van der Waals surface area contributed by atoms with Crippen molar-refractivity contribution in [1.82, 2.24) is 15.5 Å². The number of hydrogen-bond donors (Lipinski definition) is 2. The van der Waals surface area contributed by atoms with Gasteiger partial charge in [-0.25, -0.2) is 0 Å². The maximum atomic E-state index is 12.6. The minimum Gasteiger partial charge on any atom is -0.385 e. The highest BCUT2D eigenvalue weighted by molar-refractivity contribution is 14.0. The van der Waals surface area contributed by atoms with Crippen molar-refractivity contribution < 1.29 is 9.53 Å². The molecule has 0 spiro atoms. The van der Waals surface area contributed by atoms with Gasteiger partial charge in [0.1, 0.15) is 0 Å². The van der Waals surface area contributed by atoms with Crippen LogP contribution in [0.5, 0.6) is 0 Å². The van der Waals surface area contributed by atoms with Crippen molar-refractivity contribution >= 4 is 35.8 Å². The Hall–Kier alpha value is -0.570. The second-order valence-corrected chi connectivity index (χ2v) is 7.30. The number of carbonyl (C=O) groups is 1. The van der Waals surface area contributed by atoms with Crippen LogP contribution in [0.4, 0.5) is 0 Å². The highest BCUT2D eigenvalue weighted by atomic mass is 127. The average Bonchev–Trinajstić information content (AvgIpc) is 3.12. The van der Waals surface area contributed by atoms with E-state index in [1.165, 1.54) is 19.3 Å². The minimum atomic E-state index is 0. The van der Waals surface area contributed by atoms with E-state index in [9.17, 15) is 4.79 Å². The number of amides is 1. The molecule has 0 radical (unpaired) electrons. The average molecular weight is 480 g/mol. The number of unbranched alkanes of at least 4 members (excludes halogenated alkanes) is 2. The number of carbonyl (C=O) groups excluding carboxylic acids is 1. The Bertz CT molecular complexity index is 428. The summed E-state index contributed by atoms with van der Waals surface area (Å²) in [6.45, 7) is 3.44. The quantitative estimate of drug-likeness (QED) is 0.243. The lowest BCUT2D eigenvalue weighted by Gasteiger charge is -2.26. The first-order valence-corrected chi connectivity index (χ1v) is 9.99. The van der Waals surface area contributed by atoms with Gasteiger partial charge in [-0.2, -0.15) is 0 Å². The summed E-state index contributed by atoms with van der Waals surface area (Å²) in [6, 6.07) is 0.312. The van der Waals surface area contributed by atoms with Gasteiger partial charge in [0.05, 0.1) is 0 Å². The monoisotopic (exact) mass is 480 g/mol. The van der Waals surface area contributed by atoms with Gasteiger partial charge in [-0.05, 0) is 38.5 Å². The van der Waals surface area contributed by atoms with Crippen LogP contribution in [0.3, 0.4) is 0 Å². The molecule has 0 aromatic rings. The molecule has 2 fully saturated rings. The van der Waals surface area contributed by atoms with Gasteiger partial charge in [0.2, 0.25) is 5.91 Å². The van der Waals surface area contributed by atoms with Crippen molar-refractivity contribution in [2.24, 2.45) is 10.9 Å². The molecule has 2 rings (SSSR count). The first kappa shape index (κ1) is 23.5. The number of rotatable bonds is 8. The molecule has 1 unspecified atom stereocenters. The van der Waals surface area contributed by atoms with Crippen LogP contribution in [0.15, 0.2) is 4.99 Å². The number of nitrogens with zero attached hydrogens (tertiary/aromatic N) is 2. The molecule has 2 N–H and O–H groups in total. The van der Waals surface area contributed by atoms with Crippen LogP contribution < -0.4 is 10.6 Å².